The van der Waals surface area contributed by atoms with Gasteiger partial charge in [0.05, 0.1) is 0 Å². The van der Waals surface area contributed by atoms with Crippen LogP contribution >= 0.6 is 12.4 Å². The number of hydrogen-bond acceptors (Lipinski definition) is 1. The molecule has 4 rings (SSSR count). The van der Waals surface area contributed by atoms with Crippen molar-refractivity contribution in [1.82, 2.24) is 4.90 Å². The van der Waals surface area contributed by atoms with E-state index in [1.165, 1.54) is 60.9 Å². The van der Waals surface area contributed by atoms with Gasteiger partial charge in [0.25, 0.3) is 0 Å². The maximum atomic E-state index is 2.76. The highest BCUT2D eigenvalue weighted by Gasteiger charge is 2.39. The molecule has 1 fully saturated rings. The van der Waals surface area contributed by atoms with Crippen LogP contribution in [0.15, 0.2) is 60.7 Å². The summed E-state index contributed by atoms with van der Waals surface area (Å²) in [6, 6.07) is 20.2. The third-order valence-corrected chi connectivity index (χ3v) is 6.20. The maximum absolute atomic E-state index is 2.76. The lowest BCUT2D eigenvalue weighted by Gasteiger charge is -2.48. The van der Waals surface area contributed by atoms with Gasteiger partial charge in [-0.15, -0.1) is 12.4 Å². The van der Waals surface area contributed by atoms with E-state index in [0.717, 1.165) is 13.0 Å². The molecule has 2 aliphatic rings. The number of aryl methyl sites for hydroxylation is 1. The van der Waals surface area contributed by atoms with Crippen LogP contribution in [0.1, 0.15) is 55.2 Å². The van der Waals surface area contributed by atoms with Crippen LogP contribution in [0, 0.1) is 6.92 Å². The summed E-state index contributed by atoms with van der Waals surface area (Å²) in [6.45, 7) is 4.44. The van der Waals surface area contributed by atoms with Gasteiger partial charge < -0.3 is 0 Å². The summed E-state index contributed by atoms with van der Waals surface area (Å²) in [5, 5.41) is 0. The molecule has 0 unspecified atom stereocenters. The van der Waals surface area contributed by atoms with Crippen molar-refractivity contribution in [3.05, 3.63) is 77.4 Å². The first-order chi connectivity index (χ1) is 12.3. The van der Waals surface area contributed by atoms with Gasteiger partial charge in [-0.05, 0) is 42.9 Å². The van der Waals surface area contributed by atoms with Crippen LogP contribution in [0.3, 0.4) is 0 Å². The van der Waals surface area contributed by atoms with E-state index < -0.39 is 0 Å². The number of rotatable bonds is 3. The smallest absolute Gasteiger partial charge is 0.0464 e. The third-order valence-electron chi connectivity index (χ3n) is 6.20. The zero-order chi connectivity index (χ0) is 17.1. The molecule has 2 aromatic rings. The van der Waals surface area contributed by atoms with Crippen molar-refractivity contribution in [1.29, 1.82) is 0 Å². The summed E-state index contributed by atoms with van der Waals surface area (Å²) in [5.41, 5.74) is 6.08. The molecule has 0 atom stereocenters. The maximum Gasteiger partial charge on any atom is 0.0464 e. The summed E-state index contributed by atoms with van der Waals surface area (Å²) in [6.07, 6.45) is 10.4. The molecule has 0 bridgehead atoms. The molecule has 0 amide bonds. The van der Waals surface area contributed by atoms with Crippen molar-refractivity contribution < 1.29 is 0 Å². The van der Waals surface area contributed by atoms with E-state index in [0.29, 0.717) is 0 Å². The van der Waals surface area contributed by atoms with E-state index in [-0.39, 0.29) is 17.9 Å². The van der Waals surface area contributed by atoms with Gasteiger partial charge in [-0.25, -0.2) is 0 Å². The second-order valence-electron chi connectivity index (χ2n) is 7.75. The van der Waals surface area contributed by atoms with Crippen molar-refractivity contribution in [2.75, 3.05) is 13.1 Å². The molecule has 138 valence electrons. The highest BCUT2D eigenvalue weighted by atomic mass is 35.5. The highest BCUT2D eigenvalue weighted by molar-refractivity contribution is 5.85. The zero-order valence-electron chi connectivity index (χ0n) is 15.8. The highest BCUT2D eigenvalue weighted by Crippen LogP contribution is 2.43. The van der Waals surface area contributed by atoms with Crippen LogP contribution in [-0.2, 0) is 5.54 Å². The van der Waals surface area contributed by atoms with E-state index in [1.807, 2.05) is 0 Å². The van der Waals surface area contributed by atoms with Gasteiger partial charge in [0.2, 0.25) is 0 Å². The van der Waals surface area contributed by atoms with Gasteiger partial charge in [0.15, 0.2) is 0 Å². The summed E-state index contributed by atoms with van der Waals surface area (Å²) in [4.78, 5) is 2.76. The first-order valence-corrected chi connectivity index (χ1v) is 9.85. The Balaban J connectivity index is 0.00000196. The van der Waals surface area contributed by atoms with Crippen molar-refractivity contribution in [3.8, 4) is 0 Å². The zero-order valence-corrected chi connectivity index (χ0v) is 16.6. The van der Waals surface area contributed by atoms with Crippen molar-refractivity contribution in [3.63, 3.8) is 0 Å². The summed E-state index contributed by atoms with van der Waals surface area (Å²) < 4.78 is 0. The second-order valence-corrected chi connectivity index (χ2v) is 7.75. The molecule has 1 saturated carbocycles. The molecular formula is C24H30ClN. The predicted octanol–water partition coefficient (Wildman–Crippen LogP) is 6.37. The average molecular weight is 368 g/mol. The Morgan fingerprint density at radius 2 is 1.65 bits per heavy atom. The van der Waals surface area contributed by atoms with Crippen LogP contribution in [0.2, 0.25) is 0 Å². The normalized spacial score (nSPS) is 20.1. The van der Waals surface area contributed by atoms with Gasteiger partial charge in [-0.3, -0.25) is 4.90 Å². The van der Waals surface area contributed by atoms with E-state index in [1.54, 1.807) is 0 Å². The van der Waals surface area contributed by atoms with Crippen molar-refractivity contribution >= 4 is 18.0 Å². The molecule has 1 nitrogen and oxygen atoms in total. The topological polar surface area (TPSA) is 3.24 Å². The Morgan fingerprint density at radius 3 is 2.31 bits per heavy atom. The molecule has 2 heteroatoms. The van der Waals surface area contributed by atoms with Crippen LogP contribution in [0.5, 0.6) is 0 Å². The summed E-state index contributed by atoms with van der Waals surface area (Å²) in [7, 11) is 0. The van der Waals surface area contributed by atoms with E-state index in [9.17, 15) is 0 Å². The molecule has 0 saturated heterocycles. The molecule has 1 aliphatic carbocycles. The Kier molecular flexibility index (Phi) is 6.21. The fraction of sp³-hybridized carbons (Fsp3) is 0.417. The van der Waals surface area contributed by atoms with Gasteiger partial charge in [-0.1, -0.05) is 85.5 Å². The lowest BCUT2D eigenvalue weighted by atomic mass is 9.74. The Morgan fingerprint density at radius 1 is 0.885 bits per heavy atom. The SMILES string of the molecule is Cc1cccc(C2=CCN(C3(c4ccccc4)CCCCC3)CC2)c1.Cl. The second kappa shape index (κ2) is 8.41. The molecule has 0 radical (unpaired) electrons. The minimum absolute atomic E-state index is 0. The van der Waals surface area contributed by atoms with Crippen LogP contribution in [0.4, 0.5) is 0 Å². The molecule has 26 heavy (non-hydrogen) atoms. The Labute approximate surface area is 164 Å². The summed E-state index contributed by atoms with van der Waals surface area (Å²) in [5.74, 6) is 0. The van der Waals surface area contributed by atoms with E-state index >= 15 is 0 Å². The van der Waals surface area contributed by atoms with Gasteiger partial charge in [0, 0.05) is 18.6 Å². The molecule has 0 aromatic heterocycles. The van der Waals surface area contributed by atoms with Crippen LogP contribution in [0.25, 0.3) is 5.57 Å². The standard InChI is InChI=1S/C24H29N.ClH/c1-20-9-8-10-22(19-20)21-13-17-25(18-14-21)24(15-6-3-7-16-24)23-11-4-2-5-12-23;/h2,4-5,8-13,19H,3,6-7,14-18H2,1H3;1H. The Bertz CT molecular complexity index is 744. The third kappa shape index (κ3) is 3.75. The van der Waals surface area contributed by atoms with E-state index in [2.05, 4.69) is 72.5 Å². The Hall–Kier alpha value is -1.57. The average Bonchev–Trinajstić information content (AvgIpc) is 2.69. The number of nitrogens with zero attached hydrogens (tertiary/aromatic N) is 1. The quantitative estimate of drug-likeness (QED) is 0.609. The lowest BCUT2D eigenvalue weighted by molar-refractivity contribution is 0.0569. The van der Waals surface area contributed by atoms with E-state index in [4.69, 9.17) is 0 Å². The summed E-state index contributed by atoms with van der Waals surface area (Å²) >= 11 is 0. The number of benzene rings is 2. The minimum atomic E-state index is 0. The monoisotopic (exact) mass is 367 g/mol. The van der Waals surface area contributed by atoms with Crippen LogP contribution in [-0.4, -0.2) is 18.0 Å². The molecule has 0 N–H and O–H groups in total. The van der Waals surface area contributed by atoms with Gasteiger partial charge in [-0.2, -0.15) is 0 Å². The molecule has 0 spiro atoms. The number of halogens is 1. The van der Waals surface area contributed by atoms with Crippen LogP contribution < -0.4 is 0 Å². The number of hydrogen-bond donors (Lipinski definition) is 0. The molecular weight excluding hydrogens is 338 g/mol. The van der Waals surface area contributed by atoms with Crippen molar-refractivity contribution in [2.24, 2.45) is 0 Å². The predicted molar refractivity (Wildman–Crippen MR) is 114 cm³/mol. The lowest BCUT2D eigenvalue weighted by Crippen LogP contribution is -2.49. The minimum Gasteiger partial charge on any atom is -0.290 e. The molecule has 1 heterocycles. The first kappa shape index (κ1) is 19.2. The first-order valence-electron chi connectivity index (χ1n) is 9.85. The largest absolute Gasteiger partial charge is 0.290 e. The fourth-order valence-electron chi connectivity index (χ4n) is 4.84. The fourth-order valence-corrected chi connectivity index (χ4v) is 4.84. The molecule has 1 aliphatic heterocycles. The van der Waals surface area contributed by atoms with Gasteiger partial charge in [0.1, 0.15) is 0 Å². The molecule has 2 aromatic carbocycles. The van der Waals surface area contributed by atoms with Gasteiger partial charge >= 0.3 is 0 Å². The van der Waals surface area contributed by atoms with Crippen molar-refractivity contribution in [2.45, 2.75) is 51.0 Å².